The molecule has 1 fully saturated rings. The molecule has 1 aromatic heterocycles. The summed E-state index contributed by atoms with van der Waals surface area (Å²) in [5, 5.41) is 9.21. The Labute approximate surface area is 152 Å². The fourth-order valence-corrected chi connectivity index (χ4v) is 4.29. The summed E-state index contributed by atoms with van der Waals surface area (Å²) in [6.45, 7) is 4.91. The molecule has 134 valence electrons. The highest BCUT2D eigenvalue weighted by Crippen LogP contribution is 2.33. The van der Waals surface area contributed by atoms with Crippen LogP contribution in [0.25, 0.3) is 11.4 Å². The van der Waals surface area contributed by atoms with E-state index >= 15 is 0 Å². The first-order valence-corrected chi connectivity index (χ1v) is 9.81. The predicted molar refractivity (Wildman–Crippen MR) is 98.0 cm³/mol. The van der Waals surface area contributed by atoms with Crippen LogP contribution in [0, 0.1) is 11.7 Å². The molecular weight excluding hydrogens is 337 g/mol. The molecule has 0 amide bonds. The molecule has 1 unspecified atom stereocenters. The highest BCUT2D eigenvalue weighted by atomic mass is 32.2. The molecule has 1 saturated carbocycles. The zero-order valence-electron chi connectivity index (χ0n) is 14.7. The Hall–Kier alpha value is -1.69. The van der Waals surface area contributed by atoms with Crippen molar-refractivity contribution in [3.63, 3.8) is 0 Å². The summed E-state index contributed by atoms with van der Waals surface area (Å²) < 4.78 is 16.2. The predicted octanol–water partition coefficient (Wildman–Crippen LogP) is 4.73. The molecule has 0 spiro atoms. The number of benzene rings is 1. The van der Waals surface area contributed by atoms with E-state index in [9.17, 15) is 9.18 Å². The topological polar surface area (TPSA) is 47.8 Å². The molecule has 0 saturated heterocycles. The fraction of sp³-hybridized carbons (Fsp3) is 0.526. The molecular formula is C19H24FN3OS. The van der Waals surface area contributed by atoms with Crippen molar-refractivity contribution in [2.45, 2.75) is 62.9 Å². The Kier molecular flexibility index (Phi) is 5.89. The minimum Gasteiger partial charge on any atom is -0.302 e. The Balaban J connectivity index is 1.94. The molecule has 1 heterocycles. The standard InChI is InChI=1S/C19H24FN3OS/c1-13(2)12-23-18(14-8-6-7-9-15(14)20)21-22-19(23)25-17-11-5-3-4-10-16(17)24/h6-9,13,17H,3-5,10-12H2,1-2H3. The summed E-state index contributed by atoms with van der Waals surface area (Å²) in [5.41, 5.74) is 0.453. The summed E-state index contributed by atoms with van der Waals surface area (Å²) in [6.07, 6.45) is 4.70. The van der Waals surface area contributed by atoms with Crippen molar-refractivity contribution in [2.24, 2.45) is 5.92 Å². The van der Waals surface area contributed by atoms with Crippen LogP contribution in [0.3, 0.4) is 0 Å². The number of rotatable bonds is 5. The number of hydrogen-bond donors (Lipinski definition) is 0. The SMILES string of the molecule is CC(C)Cn1c(SC2CCCCCC2=O)nnc1-c1ccccc1F. The Morgan fingerprint density at radius 1 is 1.24 bits per heavy atom. The van der Waals surface area contributed by atoms with Crippen molar-refractivity contribution in [1.82, 2.24) is 14.8 Å². The van der Waals surface area contributed by atoms with Gasteiger partial charge in [0.1, 0.15) is 11.6 Å². The zero-order valence-corrected chi connectivity index (χ0v) is 15.6. The van der Waals surface area contributed by atoms with Gasteiger partial charge in [0.15, 0.2) is 11.0 Å². The normalized spacial score (nSPS) is 18.6. The van der Waals surface area contributed by atoms with Crippen LogP contribution in [0.5, 0.6) is 0 Å². The molecule has 25 heavy (non-hydrogen) atoms. The lowest BCUT2D eigenvalue weighted by molar-refractivity contribution is -0.118. The van der Waals surface area contributed by atoms with Crippen molar-refractivity contribution in [3.8, 4) is 11.4 Å². The van der Waals surface area contributed by atoms with Gasteiger partial charge in [-0.1, -0.05) is 50.6 Å². The van der Waals surface area contributed by atoms with Crippen LogP contribution in [0.1, 0.15) is 46.0 Å². The van der Waals surface area contributed by atoms with Gasteiger partial charge in [-0.2, -0.15) is 0 Å². The highest BCUT2D eigenvalue weighted by molar-refractivity contribution is 8.00. The highest BCUT2D eigenvalue weighted by Gasteiger charge is 2.26. The maximum Gasteiger partial charge on any atom is 0.192 e. The third-order valence-corrected chi connectivity index (χ3v) is 5.67. The first-order valence-electron chi connectivity index (χ1n) is 8.93. The minimum atomic E-state index is -0.304. The van der Waals surface area contributed by atoms with E-state index in [0.717, 1.165) is 25.7 Å². The van der Waals surface area contributed by atoms with Gasteiger partial charge in [-0.05, 0) is 30.9 Å². The van der Waals surface area contributed by atoms with E-state index in [4.69, 9.17) is 0 Å². The van der Waals surface area contributed by atoms with Crippen LogP contribution in [-0.2, 0) is 11.3 Å². The largest absolute Gasteiger partial charge is 0.302 e. The average Bonchev–Trinajstić information content (AvgIpc) is 2.83. The molecule has 0 bridgehead atoms. The molecule has 1 aromatic carbocycles. The molecule has 1 aliphatic rings. The van der Waals surface area contributed by atoms with E-state index in [-0.39, 0.29) is 11.1 Å². The third-order valence-electron chi connectivity index (χ3n) is 4.38. The second kappa shape index (κ2) is 8.13. The van der Waals surface area contributed by atoms with Crippen LogP contribution in [0.4, 0.5) is 4.39 Å². The Morgan fingerprint density at radius 3 is 2.80 bits per heavy atom. The van der Waals surface area contributed by atoms with Crippen molar-refractivity contribution < 1.29 is 9.18 Å². The van der Waals surface area contributed by atoms with Crippen molar-refractivity contribution >= 4 is 17.5 Å². The van der Waals surface area contributed by atoms with Crippen LogP contribution >= 0.6 is 11.8 Å². The Morgan fingerprint density at radius 2 is 2.04 bits per heavy atom. The lowest BCUT2D eigenvalue weighted by Crippen LogP contribution is -2.17. The van der Waals surface area contributed by atoms with Crippen LogP contribution in [0.15, 0.2) is 29.4 Å². The first kappa shape index (κ1) is 18.1. The number of carbonyl (C=O) groups excluding carboxylic acids is 1. The molecule has 4 nitrogen and oxygen atoms in total. The van der Waals surface area contributed by atoms with E-state index in [1.165, 1.54) is 17.8 Å². The number of hydrogen-bond acceptors (Lipinski definition) is 4. The summed E-state index contributed by atoms with van der Waals surface area (Å²) >= 11 is 1.49. The minimum absolute atomic E-state index is 0.0638. The van der Waals surface area contributed by atoms with Crippen molar-refractivity contribution in [1.29, 1.82) is 0 Å². The number of nitrogens with zero attached hydrogens (tertiary/aromatic N) is 3. The maximum absolute atomic E-state index is 14.2. The number of Topliss-reactive ketones (excluding diaryl/α,β-unsaturated/α-hetero) is 1. The Bertz CT molecular complexity index is 744. The smallest absolute Gasteiger partial charge is 0.192 e. The molecule has 0 radical (unpaired) electrons. The van der Waals surface area contributed by atoms with Gasteiger partial charge in [0.05, 0.1) is 10.8 Å². The molecule has 2 aromatic rings. The second-order valence-corrected chi connectivity index (χ2v) is 8.13. The van der Waals surface area contributed by atoms with E-state index in [1.807, 2.05) is 4.57 Å². The number of carbonyl (C=O) groups is 1. The third kappa shape index (κ3) is 4.29. The monoisotopic (exact) mass is 361 g/mol. The van der Waals surface area contributed by atoms with Gasteiger partial charge < -0.3 is 4.57 Å². The molecule has 3 rings (SSSR count). The van der Waals surface area contributed by atoms with Gasteiger partial charge in [0, 0.05) is 13.0 Å². The molecule has 0 N–H and O–H groups in total. The molecule has 1 aliphatic carbocycles. The van der Waals surface area contributed by atoms with Crippen LogP contribution < -0.4 is 0 Å². The molecule has 0 aliphatic heterocycles. The first-order chi connectivity index (χ1) is 12.1. The summed E-state index contributed by atoms with van der Waals surface area (Å²) in [5.74, 6) is 0.900. The lowest BCUT2D eigenvalue weighted by Gasteiger charge is -2.16. The quantitative estimate of drug-likeness (QED) is 0.722. The van der Waals surface area contributed by atoms with E-state index < -0.39 is 0 Å². The number of ketones is 1. The van der Waals surface area contributed by atoms with Crippen LogP contribution in [0.2, 0.25) is 0 Å². The van der Waals surface area contributed by atoms with E-state index in [2.05, 4.69) is 24.0 Å². The van der Waals surface area contributed by atoms with Crippen molar-refractivity contribution in [2.75, 3.05) is 0 Å². The summed E-state index contributed by atoms with van der Waals surface area (Å²) in [4.78, 5) is 12.3. The van der Waals surface area contributed by atoms with Gasteiger partial charge >= 0.3 is 0 Å². The van der Waals surface area contributed by atoms with Gasteiger partial charge in [0.25, 0.3) is 0 Å². The number of halogens is 1. The second-order valence-electron chi connectivity index (χ2n) is 6.96. The van der Waals surface area contributed by atoms with E-state index in [0.29, 0.717) is 41.2 Å². The van der Waals surface area contributed by atoms with Gasteiger partial charge in [0.2, 0.25) is 0 Å². The lowest BCUT2D eigenvalue weighted by atomic mass is 10.2. The fourth-order valence-electron chi connectivity index (χ4n) is 3.13. The number of thioether (sulfide) groups is 1. The molecule has 1 atom stereocenters. The maximum atomic E-state index is 14.2. The van der Waals surface area contributed by atoms with E-state index in [1.54, 1.807) is 18.2 Å². The average molecular weight is 361 g/mol. The van der Waals surface area contributed by atoms with Gasteiger partial charge in [-0.15, -0.1) is 10.2 Å². The van der Waals surface area contributed by atoms with Crippen LogP contribution in [-0.4, -0.2) is 25.8 Å². The summed E-state index contributed by atoms with van der Waals surface area (Å²) in [7, 11) is 0. The molecule has 6 heteroatoms. The zero-order chi connectivity index (χ0) is 17.8. The van der Waals surface area contributed by atoms with Crippen molar-refractivity contribution in [3.05, 3.63) is 30.1 Å². The summed E-state index contributed by atoms with van der Waals surface area (Å²) in [6, 6.07) is 6.63. The van der Waals surface area contributed by atoms with Gasteiger partial charge in [-0.3, -0.25) is 4.79 Å². The number of aromatic nitrogens is 3. The van der Waals surface area contributed by atoms with Gasteiger partial charge in [-0.25, -0.2) is 4.39 Å².